The van der Waals surface area contributed by atoms with E-state index >= 15 is 0 Å². The first-order valence-corrected chi connectivity index (χ1v) is 8.44. The van der Waals surface area contributed by atoms with Crippen LogP contribution in [0.2, 0.25) is 0 Å². The number of ether oxygens (including phenoxy) is 1. The first-order chi connectivity index (χ1) is 8.40. The quantitative estimate of drug-likeness (QED) is 0.818. The van der Waals surface area contributed by atoms with Gasteiger partial charge in [-0.05, 0) is 62.0 Å². The summed E-state index contributed by atoms with van der Waals surface area (Å²) in [6.07, 6.45) is 6.86. The zero-order valence-electron chi connectivity index (χ0n) is 11.1. The fourth-order valence-corrected chi connectivity index (χ4v) is 4.33. The van der Waals surface area contributed by atoms with Crippen molar-refractivity contribution in [2.75, 3.05) is 31.3 Å². The summed E-state index contributed by atoms with van der Waals surface area (Å²) in [6, 6.07) is 0.702. The first kappa shape index (κ1) is 13.7. The molecule has 2 aliphatic rings. The highest BCUT2D eigenvalue weighted by atomic mass is 32.2. The van der Waals surface area contributed by atoms with Gasteiger partial charge in [-0.25, -0.2) is 0 Å². The van der Waals surface area contributed by atoms with Gasteiger partial charge in [0.2, 0.25) is 0 Å². The fraction of sp³-hybridized carbons (Fsp3) is 1.00. The van der Waals surface area contributed by atoms with Gasteiger partial charge in [-0.2, -0.15) is 11.8 Å². The lowest BCUT2D eigenvalue weighted by atomic mass is 9.85. The lowest BCUT2D eigenvalue weighted by molar-refractivity contribution is 0.0352. The van der Waals surface area contributed by atoms with Crippen LogP contribution in [0.25, 0.3) is 0 Å². The smallest absolute Gasteiger partial charge is 0.0509 e. The van der Waals surface area contributed by atoms with Crippen LogP contribution in [0.3, 0.4) is 0 Å². The molecule has 0 saturated carbocycles. The van der Waals surface area contributed by atoms with Crippen LogP contribution in [-0.2, 0) is 4.74 Å². The third kappa shape index (κ3) is 4.46. The molecular formula is C14H27NOS. The summed E-state index contributed by atoms with van der Waals surface area (Å²) < 4.78 is 5.65. The molecule has 2 heterocycles. The average Bonchev–Trinajstić information content (AvgIpc) is 2.40. The summed E-state index contributed by atoms with van der Waals surface area (Å²) in [5.41, 5.74) is 0. The van der Waals surface area contributed by atoms with Crippen LogP contribution in [0.4, 0.5) is 0 Å². The van der Waals surface area contributed by atoms with E-state index in [-0.39, 0.29) is 0 Å². The maximum atomic E-state index is 5.65. The van der Waals surface area contributed by atoms with Gasteiger partial charge in [0.15, 0.2) is 0 Å². The number of rotatable bonds is 5. The molecule has 2 saturated heterocycles. The van der Waals surface area contributed by atoms with Crippen molar-refractivity contribution in [1.82, 2.24) is 5.32 Å². The molecule has 2 unspecified atom stereocenters. The maximum Gasteiger partial charge on any atom is 0.0509 e. The second kappa shape index (κ2) is 7.65. The predicted molar refractivity (Wildman–Crippen MR) is 75.7 cm³/mol. The van der Waals surface area contributed by atoms with Crippen molar-refractivity contribution in [1.29, 1.82) is 0 Å². The van der Waals surface area contributed by atoms with E-state index in [1.807, 2.05) is 0 Å². The van der Waals surface area contributed by atoms with Crippen LogP contribution in [0.5, 0.6) is 0 Å². The summed E-state index contributed by atoms with van der Waals surface area (Å²) in [5, 5.41) is 3.71. The van der Waals surface area contributed by atoms with Crippen LogP contribution >= 0.6 is 11.8 Å². The van der Waals surface area contributed by atoms with Gasteiger partial charge in [-0.15, -0.1) is 0 Å². The van der Waals surface area contributed by atoms with Crippen LogP contribution in [0.1, 0.15) is 39.0 Å². The van der Waals surface area contributed by atoms with E-state index in [4.69, 9.17) is 4.74 Å². The molecule has 2 fully saturated rings. The number of hydrogen-bond donors (Lipinski definition) is 1. The Morgan fingerprint density at radius 2 is 2.12 bits per heavy atom. The Balaban J connectivity index is 1.81. The van der Waals surface area contributed by atoms with Crippen molar-refractivity contribution in [3.05, 3.63) is 0 Å². The third-order valence-corrected chi connectivity index (χ3v) is 5.21. The highest BCUT2D eigenvalue weighted by molar-refractivity contribution is 7.99. The van der Waals surface area contributed by atoms with Crippen molar-refractivity contribution in [2.45, 2.75) is 45.1 Å². The first-order valence-electron chi connectivity index (χ1n) is 7.29. The molecule has 17 heavy (non-hydrogen) atoms. The van der Waals surface area contributed by atoms with Gasteiger partial charge in [0.25, 0.3) is 0 Å². The molecule has 0 aromatic rings. The van der Waals surface area contributed by atoms with Crippen molar-refractivity contribution in [2.24, 2.45) is 11.8 Å². The monoisotopic (exact) mass is 257 g/mol. The van der Waals surface area contributed by atoms with E-state index in [2.05, 4.69) is 24.0 Å². The zero-order chi connectivity index (χ0) is 11.9. The molecule has 0 spiro atoms. The Bertz CT molecular complexity index is 200. The summed E-state index contributed by atoms with van der Waals surface area (Å²) in [5.74, 6) is 4.48. The lowest BCUT2D eigenvalue weighted by Crippen LogP contribution is -2.41. The van der Waals surface area contributed by atoms with Gasteiger partial charge >= 0.3 is 0 Å². The number of nitrogens with one attached hydrogen (secondary N) is 1. The summed E-state index contributed by atoms with van der Waals surface area (Å²) >= 11 is 2.13. The SMILES string of the molecule is CCNC(CC1CCSCC1)C1CCCOC1. The summed E-state index contributed by atoms with van der Waals surface area (Å²) in [7, 11) is 0. The molecular weight excluding hydrogens is 230 g/mol. The highest BCUT2D eigenvalue weighted by Gasteiger charge is 2.26. The predicted octanol–water partition coefficient (Wildman–Crippen LogP) is 2.92. The van der Waals surface area contributed by atoms with Crippen LogP contribution in [-0.4, -0.2) is 37.3 Å². The molecule has 2 nitrogen and oxygen atoms in total. The maximum absolute atomic E-state index is 5.65. The van der Waals surface area contributed by atoms with Gasteiger partial charge in [0.1, 0.15) is 0 Å². The second-order valence-electron chi connectivity index (χ2n) is 5.43. The minimum Gasteiger partial charge on any atom is -0.381 e. The number of thioether (sulfide) groups is 1. The van der Waals surface area contributed by atoms with Gasteiger partial charge in [0.05, 0.1) is 6.61 Å². The van der Waals surface area contributed by atoms with Gasteiger partial charge in [-0.1, -0.05) is 6.92 Å². The van der Waals surface area contributed by atoms with Crippen molar-refractivity contribution in [3.8, 4) is 0 Å². The molecule has 0 radical (unpaired) electrons. The lowest BCUT2D eigenvalue weighted by Gasteiger charge is -2.34. The molecule has 1 N–H and O–H groups in total. The molecule has 2 atom stereocenters. The Hall–Kier alpha value is 0.270. The average molecular weight is 257 g/mol. The highest BCUT2D eigenvalue weighted by Crippen LogP contribution is 2.29. The van der Waals surface area contributed by atoms with Crippen LogP contribution in [0, 0.1) is 11.8 Å². The topological polar surface area (TPSA) is 21.3 Å². The molecule has 0 amide bonds. The Morgan fingerprint density at radius 1 is 1.29 bits per heavy atom. The molecule has 2 rings (SSSR count). The Labute approximate surface area is 110 Å². The standard InChI is InChI=1S/C14H27NOS/c1-2-15-14(13-4-3-7-16-11-13)10-12-5-8-17-9-6-12/h12-15H,2-11H2,1H3. The summed E-state index contributed by atoms with van der Waals surface area (Å²) in [6.45, 7) is 5.30. The van der Waals surface area contributed by atoms with Crippen LogP contribution < -0.4 is 5.32 Å². The molecule has 0 aromatic carbocycles. The van der Waals surface area contributed by atoms with Crippen molar-refractivity contribution in [3.63, 3.8) is 0 Å². The van der Waals surface area contributed by atoms with Gasteiger partial charge in [-0.3, -0.25) is 0 Å². The minimum absolute atomic E-state index is 0.702. The number of hydrogen-bond acceptors (Lipinski definition) is 3. The van der Waals surface area contributed by atoms with E-state index < -0.39 is 0 Å². The van der Waals surface area contributed by atoms with Crippen molar-refractivity contribution < 1.29 is 4.74 Å². The molecule has 0 aromatic heterocycles. The molecule has 3 heteroatoms. The van der Waals surface area contributed by atoms with Crippen LogP contribution in [0.15, 0.2) is 0 Å². The molecule has 100 valence electrons. The Morgan fingerprint density at radius 3 is 2.76 bits per heavy atom. The summed E-state index contributed by atoms with van der Waals surface area (Å²) in [4.78, 5) is 0. The zero-order valence-corrected chi connectivity index (χ0v) is 11.9. The molecule has 0 aliphatic carbocycles. The van der Waals surface area contributed by atoms with E-state index in [9.17, 15) is 0 Å². The van der Waals surface area contributed by atoms with Gasteiger partial charge < -0.3 is 10.1 Å². The van der Waals surface area contributed by atoms with E-state index in [1.54, 1.807) is 0 Å². The minimum atomic E-state index is 0.702. The normalized spacial score (nSPS) is 29.1. The Kier molecular flexibility index (Phi) is 6.16. The molecule has 2 aliphatic heterocycles. The van der Waals surface area contributed by atoms with E-state index in [0.29, 0.717) is 6.04 Å². The van der Waals surface area contributed by atoms with E-state index in [0.717, 1.165) is 31.6 Å². The molecule has 0 bridgehead atoms. The second-order valence-corrected chi connectivity index (χ2v) is 6.66. The van der Waals surface area contributed by atoms with Gasteiger partial charge in [0, 0.05) is 12.6 Å². The third-order valence-electron chi connectivity index (χ3n) is 4.16. The fourth-order valence-electron chi connectivity index (χ4n) is 3.13. The largest absolute Gasteiger partial charge is 0.381 e. The van der Waals surface area contributed by atoms with Crippen molar-refractivity contribution >= 4 is 11.8 Å². The van der Waals surface area contributed by atoms with E-state index in [1.165, 1.54) is 43.6 Å².